The van der Waals surface area contributed by atoms with Gasteiger partial charge in [0, 0.05) is 12.1 Å². The number of hydrogen-bond acceptors (Lipinski definition) is 4. The van der Waals surface area contributed by atoms with Gasteiger partial charge in [-0.15, -0.1) is 0 Å². The molecule has 0 spiro atoms. The van der Waals surface area contributed by atoms with Crippen LogP contribution in [0.1, 0.15) is 85.5 Å². The van der Waals surface area contributed by atoms with Crippen molar-refractivity contribution in [2.24, 2.45) is 52.3 Å². The van der Waals surface area contributed by atoms with Crippen molar-refractivity contribution < 1.29 is 10.2 Å². The summed E-state index contributed by atoms with van der Waals surface area (Å²) in [5.74, 6) is 4.33. The van der Waals surface area contributed by atoms with Gasteiger partial charge >= 0.3 is 0 Å². The van der Waals surface area contributed by atoms with E-state index >= 15 is 0 Å². The first-order chi connectivity index (χ1) is 15.6. The average Bonchev–Trinajstić information content (AvgIpc) is 3.02. The zero-order valence-electron chi connectivity index (χ0n) is 22.3. The highest BCUT2D eigenvalue weighted by molar-refractivity contribution is 5.13. The van der Waals surface area contributed by atoms with Crippen molar-refractivity contribution in [1.29, 1.82) is 0 Å². The number of rotatable bonds is 3. The molecule has 0 aromatic carbocycles. The predicted molar refractivity (Wildman–Crippen MR) is 135 cm³/mol. The Bertz CT molecular complexity index is 714. The SMILES string of the molecule is C[C@H]1CN[C@H]([C@@H](C)[C@H]2[C@H](O)C[C@H]3[C@@H]4CC[C@H]5C[C@@H](N(C)C)CC[C@]5(C)[C@H]4CC[C@]23C)[C@@H](O)C1. The summed E-state index contributed by atoms with van der Waals surface area (Å²) in [6.45, 7) is 10.7. The Hall–Kier alpha value is -0.160. The Morgan fingerprint density at radius 3 is 2.30 bits per heavy atom. The first kappa shape index (κ1) is 24.5. The molecule has 4 nitrogen and oxygen atoms in total. The molecule has 33 heavy (non-hydrogen) atoms. The molecule has 0 amide bonds. The van der Waals surface area contributed by atoms with Crippen molar-refractivity contribution in [3.05, 3.63) is 0 Å². The van der Waals surface area contributed by atoms with Gasteiger partial charge in [0.15, 0.2) is 0 Å². The van der Waals surface area contributed by atoms with E-state index in [1.807, 2.05) is 0 Å². The normalized spacial score (nSPS) is 55.5. The predicted octanol–water partition coefficient (Wildman–Crippen LogP) is 4.54. The van der Waals surface area contributed by atoms with Crippen molar-refractivity contribution in [3.63, 3.8) is 0 Å². The summed E-state index contributed by atoms with van der Waals surface area (Å²) in [6, 6.07) is 0.896. The van der Waals surface area contributed by atoms with Crippen LogP contribution in [0.3, 0.4) is 0 Å². The summed E-state index contributed by atoms with van der Waals surface area (Å²) in [5, 5.41) is 26.1. The fourth-order valence-corrected chi connectivity index (χ4v) is 10.6. The van der Waals surface area contributed by atoms with E-state index in [0.29, 0.717) is 29.1 Å². The van der Waals surface area contributed by atoms with Crippen molar-refractivity contribution in [2.45, 2.75) is 110 Å². The van der Waals surface area contributed by atoms with E-state index in [4.69, 9.17) is 0 Å². The van der Waals surface area contributed by atoms with Crippen molar-refractivity contribution >= 4 is 0 Å². The lowest BCUT2D eigenvalue weighted by atomic mass is 9.44. The minimum Gasteiger partial charge on any atom is -0.393 e. The first-order valence-electron chi connectivity index (χ1n) is 14.3. The van der Waals surface area contributed by atoms with E-state index in [2.05, 4.69) is 52.0 Å². The first-order valence-corrected chi connectivity index (χ1v) is 14.3. The second-order valence-electron chi connectivity index (χ2n) is 14.1. The lowest BCUT2D eigenvalue weighted by Gasteiger charge is -2.62. The van der Waals surface area contributed by atoms with Gasteiger partial charge in [-0.2, -0.15) is 0 Å². The summed E-state index contributed by atoms with van der Waals surface area (Å²) in [4.78, 5) is 2.47. The maximum atomic E-state index is 11.5. The third-order valence-corrected chi connectivity index (χ3v) is 12.4. The van der Waals surface area contributed by atoms with Gasteiger partial charge in [-0.1, -0.05) is 27.7 Å². The summed E-state index contributed by atoms with van der Waals surface area (Å²) in [6.07, 6.45) is 10.9. The molecule has 0 aromatic heterocycles. The van der Waals surface area contributed by atoms with E-state index in [1.54, 1.807) is 0 Å². The highest BCUT2D eigenvalue weighted by Gasteiger charge is 2.63. The number of aliphatic hydroxyl groups excluding tert-OH is 2. The summed E-state index contributed by atoms with van der Waals surface area (Å²) < 4.78 is 0. The Labute approximate surface area is 203 Å². The van der Waals surface area contributed by atoms with Gasteiger partial charge in [-0.3, -0.25) is 0 Å². The highest BCUT2D eigenvalue weighted by atomic mass is 16.3. The van der Waals surface area contributed by atoms with Crippen LogP contribution >= 0.6 is 0 Å². The number of nitrogens with one attached hydrogen (secondary N) is 1. The summed E-state index contributed by atoms with van der Waals surface area (Å²) in [5.41, 5.74) is 0.719. The molecule has 1 aliphatic heterocycles. The van der Waals surface area contributed by atoms with Crippen molar-refractivity contribution in [1.82, 2.24) is 10.2 Å². The Morgan fingerprint density at radius 2 is 1.61 bits per heavy atom. The van der Waals surface area contributed by atoms with Gasteiger partial charge in [0.2, 0.25) is 0 Å². The molecule has 1 heterocycles. The standard InChI is InChI=1S/C29H52N2O2/c1-17-13-25(33)27(30-16-17)18(2)26-24(32)15-23-21-8-7-19-14-20(31(5)6)9-11-28(19,3)22(21)10-12-29(23,26)4/h17-27,30,32-33H,7-16H2,1-6H3/t17-,18+,19+,20+,21-,22+,23+,24-,25+,26+,27-,28+,29+/m1/s1. The van der Waals surface area contributed by atoms with Crippen LogP contribution in [0.4, 0.5) is 0 Å². The number of nitrogens with zero attached hydrogens (tertiary/aromatic N) is 1. The zero-order chi connectivity index (χ0) is 23.7. The third kappa shape index (κ3) is 3.85. The zero-order valence-corrected chi connectivity index (χ0v) is 22.3. The Balaban J connectivity index is 1.35. The number of aliphatic hydroxyl groups is 2. The molecule has 5 rings (SSSR count). The van der Waals surface area contributed by atoms with Crippen LogP contribution in [0.5, 0.6) is 0 Å². The molecule has 5 fully saturated rings. The number of hydrogen-bond donors (Lipinski definition) is 3. The van der Waals surface area contributed by atoms with Crippen LogP contribution in [0.2, 0.25) is 0 Å². The van der Waals surface area contributed by atoms with Gasteiger partial charge in [-0.25, -0.2) is 0 Å². The van der Waals surface area contributed by atoms with E-state index in [9.17, 15) is 10.2 Å². The molecular formula is C29H52N2O2. The van der Waals surface area contributed by atoms with Crippen LogP contribution in [0.15, 0.2) is 0 Å². The fraction of sp³-hybridized carbons (Fsp3) is 1.00. The van der Waals surface area contributed by atoms with E-state index in [0.717, 1.165) is 43.2 Å². The lowest BCUT2D eigenvalue weighted by Crippen LogP contribution is -2.57. The van der Waals surface area contributed by atoms with Gasteiger partial charge < -0.3 is 20.4 Å². The number of piperidine rings is 1. The molecule has 4 saturated carbocycles. The van der Waals surface area contributed by atoms with Crippen LogP contribution in [0.25, 0.3) is 0 Å². The van der Waals surface area contributed by atoms with Gasteiger partial charge in [0.05, 0.1) is 12.2 Å². The average molecular weight is 461 g/mol. The number of fused-ring (bicyclic) bond motifs is 5. The molecule has 0 bridgehead atoms. The second-order valence-corrected chi connectivity index (χ2v) is 14.1. The molecule has 190 valence electrons. The topological polar surface area (TPSA) is 55.7 Å². The largest absolute Gasteiger partial charge is 0.393 e. The molecule has 1 saturated heterocycles. The van der Waals surface area contributed by atoms with Crippen LogP contribution in [-0.2, 0) is 0 Å². The molecular weight excluding hydrogens is 408 g/mol. The summed E-state index contributed by atoms with van der Waals surface area (Å²) >= 11 is 0. The molecule has 0 aromatic rings. The molecule has 4 aliphatic carbocycles. The Kier molecular flexibility index (Phi) is 6.50. The van der Waals surface area contributed by atoms with Gasteiger partial charge in [-0.05, 0) is 131 Å². The van der Waals surface area contributed by atoms with Crippen LogP contribution in [-0.4, -0.2) is 60.0 Å². The monoisotopic (exact) mass is 460 g/mol. The van der Waals surface area contributed by atoms with Crippen LogP contribution in [0, 0.1) is 52.3 Å². The maximum Gasteiger partial charge on any atom is 0.0698 e. The molecule has 13 atom stereocenters. The van der Waals surface area contributed by atoms with E-state index < -0.39 is 0 Å². The summed E-state index contributed by atoms with van der Waals surface area (Å²) in [7, 11) is 4.54. The fourth-order valence-electron chi connectivity index (χ4n) is 10.6. The second kappa shape index (κ2) is 8.75. The minimum atomic E-state index is -0.281. The highest BCUT2D eigenvalue weighted by Crippen LogP contribution is 2.68. The van der Waals surface area contributed by atoms with Gasteiger partial charge in [0.1, 0.15) is 0 Å². The quantitative estimate of drug-likeness (QED) is 0.579. The van der Waals surface area contributed by atoms with Crippen molar-refractivity contribution in [3.8, 4) is 0 Å². The van der Waals surface area contributed by atoms with Gasteiger partial charge in [0.25, 0.3) is 0 Å². The van der Waals surface area contributed by atoms with Crippen molar-refractivity contribution in [2.75, 3.05) is 20.6 Å². The molecule has 5 aliphatic rings. The molecule has 0 unspecified atom stereocenters. The smallest absolute Gasteiger partial charge is 0.0698 e. The molecule has 3 N–H and O–H groups in total. The third-order valence-electron chi connectivity index (χ3n) is 12.4. The van der Waals surface area contributed by atoms with E-state index in [-0.39, 0.29) is 23.7 Å². The minimum absolute atomic E-state index is 0.128. The Morgan fingerprint density at radius 1 is 0.879 bits per heavy atom. The molecule has 4 heteroatoms. The lowest BCUT2D eigenvalue weighted by molar-refractivity contribution is -0.126. The molecule has 0 radical (unpaired) electrons. The van der Waals surface area contributed by atoms with E-state index in [1.165, 1.54) is 44.9 Å². The van der Waals surface area contributed by atoms with Crippen LogP contribution < -0.4 is 5.32 Å². The maximum absolute atomic E-state index is 11.5.